The molecule has 0 fully saturated rings. The maximum absolute atomic E-state index is 12.9. The van der Waals surface area contributed by atoms with Gasteiger partial charge >= 0.3 is 0 Å². The van der Waals surface area contributed by atoms with Crippen molar-refractivity contribution in [3.8, 4) is 11.8 Å². The molecule has 0 aliphatic carbocycles. The van der Waals surface area contributed by atoms with Crippen LogP contribution in [-0.4, -0.2) is 23.5 Å². The molecule has 25 heavy (non-hydrogen) atoms. The maximum atomic E-state index is 12.9. The molecular weight excluding hydrogens is 312 g/mol. The summed E-state index contributed by atoms with van der Waals surface area (Å²) in [5, 5.41) is 8.95. The average molecular weight is 338 g/mol. The Kier molecular flexibility index (Phi) is 5.69. The number of carbonyl (C=O) groups excluding carboxylic acids is 1. The summed E-state index contributed by atoms with van der Waals surface area (Å²) < 4.78 is 5.99. The predicted molar refractivity (Wildman–Crippen MR) is 99.8 cm³/mol. The van der Waals surface area contributed by atoms with Gasteiger partial charge in [-0.05, 0) is 37.6 Å². The minimum atomic E-state index is -0.468. The van der Waals surface area contributed by atoms with Crippen molar-refractivity contribution in [1.29, 1.82) is 5.26 Å². The highest BCUT2D eigenvalue weighted by atomic mass is 16.5. The van der Waals surface area contributed by atoms with E-state index < -0.39 is 5.41 Å². The monoisotopic (exact) mass is 338 g/mol. The van der Waals surface area contributed by atoms with Gasteiger partial charge in [0, 0.05) is 17.5 Å². The number of benzene rings is 1. The van der Waals surface area contributed by atoms with Crippen molar-refractivity contribution in [1.82, 2.24) is 4.90 Å². The Morgan fingerprint density at radius 1 is 1.36 bits per heavy atom. The zero-order chi connectivity index (χ0) is 18.6. The number of ether oxygens (including phenoxy) is 1. The molecule has 0 bridgehead atoms. The number of allylic oxidation sites excluding steroid dienone is 2. The van der Waals surface area contributed by atoms with Crippen LogP contribution >= 0.6 is 0 Å². The van der Waals surface area contributed by atoms with Gasteiger partial charge in [-0.2, -0.15) is 5.26 Å². The Bertz CT molecular complexity index is 746. The van der Waals surface area contributed by atoms with Crippen LogP contribution in [0.4, 0.5) is 0 Å². The first kappa shape index (κ1) is 18.8. The number of rotatable bonds is 4. The molecule has 0 saturated carbocycles. The fraction of sp³-hybridized carbons (Fsp3) is 0.429. The van der Waals surface area contributed by atoms with Crippen LogP contribution < -0.4 is 4.74 Å². The van der Waals surface area contributed by atoms with Crippen molar-refractivity contribution in [2.75, 3.05) is 6.54 Å². The third kappa shape index (κ3) is 4.51. The topological polar surface area (TPSA) is 53.3 Å². The second-order valence-corrected chi connectivity index (χ2v) is 7.48. The van der Waals surface area contributed by atoms with Crippen LogP contribution in [0.25, 0.3) is 5.70 Å². The molecule has 1 aromatic rings. The van der Waals surface area contributed by atoms with Crippen molar-refractivity contribution in [3.05, 3.63) is 47.6 Å². The van der Waals surface area contributed by atoms with Crippen molar-refractivity contribution in [3.63, 3.8) is 0 Å². The fourth-order valence-corrected chi connectivity index (χ4v) is 2.68. The molecule has 2 rings (SSSR count). The Morgan fingerprint density at radius 3 is 2.68 bits per heavy atom. The van der Waals surface area contributed by atoms with E-state index in [-0.39, 0.29) is 12.0 Å². The summed E-state index contributed by atoms with van der Waals surface area (Å²) in [5.74, 6) is 0.774. The van der Waals surface area contributed by atoms with E-state index in [1.807, 2.05) is 71.0 Å². The third-order valence-corrected chi connectivity index (χ3v) is 3.82. The van der Waals surface area contributed by atoms with Crippen LogP contribution in [0.1, 0.15) is 45.7 Å². The normalized spacial score (nSPS) is 14.3. The molecule has 0 atom stereocenters. The highest BCUT2D eigenvalue weighted by molar-refractivity contribution is 5.92. The Morgan fingerprint density at radius 2 is 2.08 bits per heavy atom. The Labute approximate surface area is 150 Å². The number of hydrogen-bond donors (Lipinski definition) is 0. The van der Waals surface area contributed by atoms with Crippen LogP contribution in [0, 0.1) is 16.7 Å². The lowest BCUT2D eigenvalue weighted by atomic mass is 9.93. The third-order valence-electron chi connectivity index (χ3n) is 3.82. The number of nitrogens with zero attached hydrogens (tertiary/aromatic N) is 2. The first-order valence-electron chi connectivity index (χ1n) is 8.59. The Hall–Kier alpha value is -2.54. The number of amides is 1. The quantitative estimate of drug-likeness (QED) is 0.821. The molecule has 132 valence electrons. The largest absolute Gasteiger partial charge is 0.490 e. The molecule has 1 aliphatic rings. The standard InChI is InChI=1S/C21H26N2O2/c1-15(2)25-19-14-16(11-12-22)9-10-17(19)18-8-6-7-13-23(18)20(24)21(3,4)5/h6-10,14-15H,11,13H2,1-5H3. The number of hydrogen-bond acceptors (Lipinski definition) is 3. The predicted octanol–water partition coefficient (Wildman–Crippen LogP) is 4.33. The van der Waals surface area contributed by atoms with Gasteiger partial charge in [0.15, 0.2) is 0 Å². The summed E-state index contributed by atoms with van der Waals surface area (Å²) in [7, 11) is 0. The van der Waals surface area contributed by atoms with Crippen LogP contribution in [-0.2, 0) is 11.2 Å². The van der Waals surface area contributed by atoms with E-state index in [1.165, 1.54) is 0 Å². The fourth-order valence-electron chi connectivity index (χ4n) is 2.68. The van der Waals surface area contributed by atoms with E-state index in [0.717, 1.165) is 16.8 Å². The van der Waals surface area contributed by atoms with Crippen LogP contribution in [0.5, 0.6) is 5.75 Å². The van der Waals surface area contributed by atoms with Crippen LogP contribution in [0.3, 0.4) is 0 Å². The molecule has 4 heteroatoms. The van der Waals surface area contributed by atoms with E-state index in [2.05, 4.69) is 6.07 Å². The van der Waals surface area contributed by atoms with Crippen molar-refractivity contribution in [2.24, 2.45) is 5.41 Å². The molecule has 0 unspecified atom stereocenters. The number of carbonyl (C=O) groups is 1. The van der Waals surface area contributed by atoms with E-state index in [1.54, 1.807) is 4.90 Å². The van der Waals surface area contributed by atoms with Gasteiger partial charge in [-0.25, -0.2) is 0 Å². The van der Waals surface area contributed by atoms with Crippen LogP contribution in [0.2, 0.25) is 0 Å². The van der Waals surface area contributed by atoms with Gasteiger partial charge in [0.2, 0.25) is 5.91 Å². The summed E-state index contributed by atoms with van der Waals surface area (Å²) >= 11 is 0. The van der Waals surface area contributed by atoms with Gasteiger partial charge in [0.25, 0.3) is 0 Å². The zero-order valence-electron chi connectivity index (χ0n) is 15.7. The molecule has 0 N–H and O–H groups in total. The zero-order valence-corrected chi connectivity index (χ0v) is 15.7. The Balaban J connectivity index is 2.50. The van der Waals surface area contributed by atoms with Gasteiger partial charge in [-0.3, -0.25) is 4.79 Å². The first-order chi connectivity index (χ1) is 11.7. The summed E-state index contributed by atoms with van der Waals surface area (Å²) in [4.78, 5) is 14.7. The molecule has 0 spiro atoms. The lowest BCUT2D eigenvalue weighted by Gasteiger charge is -2.33. The van der Waals surface area contributed by atoms with E-state index in [9.17, 15) is 4.79 Å². The van der Waals surface area contributed by atoms with E-state index >= 15 is 0 Å². The lowest BCUT2D eigenvalue weighted by Crippen LogP contribution is -2.39. The maximum Gasteiger partial charge on any atom is 0.232 e. The smallest absolute Gasteiger partial charge is 0.232 e. The van der Waals surface area contributed by atoms with E-state index in [4.69, 9.17) is 10.00 Å². The molecule has 1 aromatic carbocycles. The van der Waals surface area contributed by atoms with Gasteiger partial charge < -0.3 is 9.64 Å². The number of nitriles is 1. The molecule has 0 aromatic heterocycles. The highest BCUT2D eigenvalue weighted by Crippen LogP contribution is 2.34. The van der Waals surface area contributed by atoms with E-state index in [0.29, 0.717) is 18.7 Å². The summed E-state index contributed by atoms with van der Waals surface area (Å²) in [6, 6.07) is 7.93. The minimum absolute atomic E-state index is 0.00239. The molecule has 0 radical (unpaired) electrons. The first-order valence-corrected chi connectivity index (χ1v) is 8.59. The van der Waals surface area contributed by atoms with Gasteiger partial charge in [-0.1, -0.05) is 39.0 Å². The SMILES string of the molecule is CC(C)Oc1cc(CC#N)ccc1C1=CC=CCN1C(=O)C(C)(C)C. The van der Waals surface area contributed by atoms with Crippen LogP contribution in [0.15, 0.2) is 36.4 Å². The van der Waals surface area contributed by atoms with Crippen molar-refractivity contribution in [2.45, 2.75) is 47.1 Å². The average Bonchev–Trinajstić information content (AvgIpc) is 2.53. The molecule has 1 heterocycles. The lowest BCUT2D eigenvalue weighted by molar-refractivity contribution is -0.135. The van der Waals surface area contributed by atoms with Crippen molar-refractivity contribution < 1.29 is 9.53 Å². The van der Waals surface area contributed by atoms with Gasteiger partial charge in [0.1, 0.15) is 5.75 Å². The minimum Gasteiger partial charge on any atom is -0.490 e. The molecule has 1 amide bonds. The molecule has 1 aliphatic heterocycles. The second-order valence-electron chi connectivity index (χ2n) is 7.48. The molecule has 0 saturated heterocycles. The molecular formula is C21H26N2O2. The van der Waals surface area contributed by atoms with Crippen molar-refractivity contribution >= 4 is 11.6 Å². The second kappa shape index (κ2) is 7.57. The highest BCUT2D eigenvalue weighted by Gasteiger charge is 2.31. The summed E-state index contributed by atoms with van der Waals surface area (Å²) in [6.07, 6.45) is 6.21. The summed E-state index contributed by atoms with van der Waals surface area (Å²) in [6.45, 7) is 10.2. The molecule has 4 nitrogen and oxygen atoms in total. The summed E-state index contributed by atoms with van der Waals surface area (Å²) in [5.41, 5.74) is 2.14. The van der Waals surface area contributed by atoms with Gasteiger partial charge in [0.05, 0.1) is 24.3 Å². The van der Waals surface area contributed by atoms with Gasteiger partial charge in [-0.15, -0.1) is 0 Å².